The normalized spacial score (nSPS) is 18.2. The lowest BCUT2D eigenvalue weighted by atomic mass is 10.1. The second-order valence-corrected chi connectivity index (χ2v) is 5.21. The molecule has 0 aromatic heterocycles. The van der Waals surface area contributed by atoms with Crippen LogP contribution in [0.4, 0.5) is 11.4 Å². The van der Waals surface area contributed by atoms with E-state index in [1.165, 1.54) is 17.7 Å². The Morgan fingerprint density at radius 3 is 2.71 bits per heavy atom. The molecule has 4 heteroatoms. The van der Waals surface area contributed by atoms with Crippen LogP contribution in [0, 0.1) is 6.92 Å². The molecule has 0 radical (unpaired) electrons. The maximum atomic E-state index is 6.11. The Morgan fingerprint density at radius 1 is 1.18 bits per heavy atom. The van der Waals surface area contributed by atoms with Crippen molar-refractivity contribution >= 4 is 23.0 Å². The van der Waals surface area contributed by atoms with E-state index in [4.69, 9.17) is 17.3 Å². The zero-order valence-electron chi connectivity index (χ0n) is 10.5. The van der Waals surface area contributed by atoms with Gasteiger partial charge in [0.1, 0.15) is 0 Å². The summed E-state index contributed by atoms with van der Waals surface area (Å²) in [4.78, 5) is 4.78. The van der Waals surface area contributed by atoms with Crippen molar-refractivity contribution in [2.45, 2.75) is 13.3 Å². The van der Waals surface area contributed by atoms with Crippen LogP contribution in [0.15, 0.2) is 12.1 Å². The lowest BCUT2D eigenvalue weighted by molar-refractivity contribution is 0.360. The molecule has 0 saturated carbocycles. The number of halogens is 1. The van der Waals surface area contributed by atoms with Gasteiger partial charge in [0.15, 0.2) is 0 Å². The molecular formula is C13H20ClN3. The van der Waals surface area contributed by atoms with Crippen LogP contribution in [0.3, 0.4) is 0 Å². The number of hydrogen-bond acceptors (Lipinski definition) is 3. The van der Waals surface area contributed by atoms with E-state index in [9.17, 15) is 0 Å². The lowest BCUT2D eigenvalue weighted by Crippen LogP contribution is -2.29. The maximum absolute atomic E-state index is 6.11. The second-order valence-electron chi connectivity index (χ2n) is 4.80. The SMILES string of the molecule is Cc1cc(N)c(Cl)cc1N1CCCN(C)CC1. The Kier molecular flexibility index (Phi) is 3.79. The highest BCUT2D eigenvalue weighted by Crippen LogP contribution is 2.29. The van der Waals surface area contributed by atoms with Gasteiger partial charge in [-0.25, -0.2) is 0 Å². The summed E-state index contributed by atoms with van der Waals surface area (Å²) >= 11 is 6.11. The highest BCUT2D eigenvalue weighted by Gasteiger charge is 2.15. The van der Waals surface area contributed by atoms with Crippen LogP contribution in [0.2, 0.25) is 5.02 Å². The first kappa shape index (κ1) is 12.5. The van der Waals surface area contributed by atoms with Gasteiger partial charge in [0.05, 0.1) is 10.7 Å². The number of aryl methyl sites for hydroxylation is 1. The second kappa shape index (κ2) is 5.15. The van der Waals surface area contributed by atoms with Crippen LogP contribution in [0.1, 0.15) is 12.0 Å². The summed E-state index contributed by atoms with van der Waals surface area (Å²) in [5.74, 6) is 0. The van der Waals surface area contributed by atoms with E-state index in [1.54, 1.807) is 0 Å². The molecule has 1 aromatic carbocycles. The Morgan fingerprint density at radius 2 is 1.94 bits per heavy atom. The minimum atomic E-state index is 0.656. The van der Waals surface area contributed by atoms with Gasteiger partial charge in [-0.15, -0.1) is 0 Å². The summed E-state index contributed by atoms with van der Waals surface area (Å²) in [7, 11) is 2.17. The van der Waals surface area contributed by atoms with Crippen LogP contribution < -0.4 is 10.6 Å². The first-order chi connectivity index (χ1) is 8.08. The monoisotopic (exact) mass is 253 g/mol. The highest BCUT2D eigenvalue weighted by atomic mass is 35.5. The fraction of sp³-hybridized carbons (Fsp3) is 0.538. The molecule has 0 amide bonds. The van der Waals surface area contributed by atoms with Crippen molar-refractivity contribution in [2.24, 2.45) is 0 Å². The molecule has 0 unspecified atom stereocenters. The fourth-order valence-corrected chi connectivity index (χ4v) is 2.48. The zero-order chi connectivity index (χ0) is 12.4. The van der Waals surface area contributed by atoms with Crippen molar-refractivity contribution < 1.29 is 0 Å². The predicted molar refractivity (Wildman–Crippen MR) is 74.9 cm³/mol. The zero-order valence-corrected chi connectivity index (χ0v) is 11.3. The van der Waals surface area contributed by atoms with Crippen molar-refractivity contribution in [3.8, 4) is 0 Å². The molecule has 0 bridgehead atoms. The van der Waals surface area contributed by atoms with E-state index >= 15 is 0 Å². The molecule has 1 aliphatic rings. The van der Waals surface area contributed by atoms with Gasteiger partial charge in [0.25, 0.3) is 0 Å². The molecule has 0 aliphatic carbocycles. The summed E-state index contributed by atoms with van der Waals surface area (Å²) in [6, 6.07) is 3.96. The van der Waals surface area contributed by atoms with Crippen molar-refractivity contribution in [3.05, 3.63) is 22.7 Å². The third-order valence-electron chi connectivity index (χ3n) is 3.38. The van der Waals surface area contributed by atoms with Gasteiger partial charge in [-0.2, -0.15) is 0 Å². The first-order valence-electron chi connectivity index (χ1n) is 6.07. The number of rotatable bonds is 1. The quantitative estimate of drug-likeness (QED) is 0.780. The van der Waals surface area contributed by atoms with Crippen molar-refractivity contribution in [1.29, 1.82) is 0 Å². The lowest BCUT2D eigenvalue weighted by Gasteiger charge is -2.25. The molecule has 2 rings (SSSR count). The number of benzene rings is 1. The number of anilines is 2. The molecule has 3 nitrogen and oxygen atoms in total. The molecule has 1 saturated heterocycles. The summed E-state index contributed by atoms with van der Waals surface area (Å²) in [6.45, 7) is 6.50. The van der Waals surface area contributed by atoms with E-state index in [2.05, 4.69) is 23.8 Å². The third kappa shape index (κ3) is 2.85. The molecule has 94 valence electrons. The molecule has 1 heterocycles. The van der Waals surface area contributed by atoms with E-state index in [0.29, 0.717) is 10.7 Å². The standard InChI is InChI=1S/C13H20ClN3/c1-10-8-12(15)11(14)9-13(10)17-5-3-4-16(2)6-7-17/h8-9H,3-7,15H2,1-2H3. The smallest absolute Gasteiger partial charge is 0.0656 e. The molecule has 1 fully saturated rings. The number of nitrogen functional groups attached to an aromatic ring is 1. The maximum Gasteiger partial charge on any atom is 0.0656 e. The Hall–Kier alpha value is -0.930. The van der Waals surface area contributed by atoms with Gasteiger partial charge in [-0.3, -0.25) is 0 Å². The third-order valence-corrected chi connectivity index (χ3v) is 3.70. The predicted octanol–water partition coefficient (Wildman–Crippen LogP) is 2.37. The topological polar surface area (TPSA) is 32.5 Å². The van der Waals surface area contributed by atoms with Gasteiger partial charge in [-0.1, -0.05) is 11.6 Å². The van der Waals surface area contributed by atoms with Gasteiger partial charge in [0, 0.05) is 25.3 Å². The van der Waals surface area contributed by atoms with Gasteiger partial charge >= 0.3 is 0 Å². The summed E-state index contributed by atoms with van der Waals surface area (Å²) in [5.41, 5.74) is 8.91. The molecule has 1 aromatic rings. The number of nitrogens with zero attached hydrogens (tertiary/aromatic N) is 2. The molecule has 0 atom stereocenters. The first-order valence-corrected chi connectivity index (χ1v) is 6.45. The van der Waals surface area contributed by atoms with Crippen LogP contribution >= 0.6 is 11.6 Å². The fourth-order valence-electron chi connectivity index (χ4n) is 2.32. The average Bonchev–Trinajstić information content (AvgIpc) is 2.49. The van der Waals surface area contributed by atoms with Crippen molar-refractivity contribution in [3.63, 3.8) is 0 Å². The van der Waals surface area contributed by atoms with Crippen LogP contribution in [-0.2, 0) is 0 Å². The number of hydrogen-bond donors (Lipinski definition) is 1. The Balaban J connectivity index is 2.24. The van der Waals surface area contributed by atoms with E-state index in [0.717, 1.165) is 26.2 Å². The van der Waals surface area contributed by atoms with Crippen LogP contribution in [0.25, 0.3) is 0 Å². The van der Waals surface area contributed by atoms with Crippen molar-refractivity contribution in [1.82, 2.24) is 4.90 Å². The number of likely N-dealkylation sites (N-methyl/N-ethyl adjacent to an activating group) is 1. The van der Waals surface area contributed by atoms with Gasteiger partial charge < -0.3 is 15.5 Å². The number of nitrogens with two attached hydrogens (primary N) is 1. The molecule has 0 spiro atoms. The van der Waals surface area contributed by atoms with Crippen LogP contribution in [-0.4, -0.2) is 38.1 Å². The molecule has 2 N–H and O–H groups in total. The van der Waals surface area contributed by atoms with E-state index in [1.807, 2.05) is 12.1 Å². The van der Waals surface area contributed by atoms with Crippen molar-refractivity contribution in [2.75, 3.05) is 43.9 Å². The largest absolute Gasteiger partial charge is 0.398 e. The average molecular weight is 254 g/mol. The minimum Gasteiger partial charge on any atom is -0.398 e. The van der Waals surface area contributed by atoms with Gasteiger partial charge in [0.2, 0.25) is 0 Å². The molecular weight excluding hydrogens is 234 g/mol. The Bertz CT molecular complexity index is 406. The van der Waals surface area contributed by atoms with Crippen LogP contribution in [0.5, 0.6) is 0 Å². The van der Waals surface area contributed by atoms with Gasteiger partial charge in [-0.05, 0) is 44.6 Å². The molecule has 1 aliphatic heterocycles. The highest BCUT2D eigenvalue weighted by molar-refractivity contribution is 6.33. The Labute approximate surface area is 108 Å². The molecule has 17 heavy (non-hydrogen) atoms. The van der Waals surface area contributed by atoms with E-state index in [-0.39, 0.29) is 0 Å². The minimum absolute atomic E-state index is 0.656. The summed E-state index contributed by atoms with van der Waals surface area (Å²) in [6.07, 6.45) is 1.19. The summed E-state index contributed by atoms with van der Waals surface area (Å²) in [5, 5.41) is 0.656. The summed E-state index contributed by atoms with van der Waals surface area (Å²) < 4.78 is 0. The van der Waals surface area contributed by atoms with E-state index < -0.39 is 0 Å².